The summed E-state index contributed by atoms with van der Waals surface area (Å²) in [7, 11) is 0. The third-order valence-corrected chi connectivity index (χ3v) is 6.87. The van der Waals surface area contributed by atoms with Crippen molar-refractivity contribution in [3.8, 4) is 0 Å². The van der Waals surface area contributed by atoms with Gasteiger partial charge in [-0.05, 0) is 68.7 Å². The summed E-state index contributed by atoms with van der Waals surface area (Å²) in [5.41, 5.74) is 4.45. The van der Waals surface area contributed by atoms with Crippen molar-refractivity contribution in [3.05, 3.63) is 69.9 Å². The van der Waals surface area contributed by atoms with Crippen molar-refractivity contribution < 1.29 is 23.8 Å². The Morgan fingerprint density at radius 1 is 1.22 bits per heavy atom. The second-order valence-corrected chi connectivity index (χ2v) is 9.97. The van der Waals surface area contributed by atoms with Crippen molar-refractivity contribution in [1.29, 1.82) is 0 Å². The number of halogens is 1. The van der Waals surface area contributed by atoms with Crippen LogP contribution in [-0.4, -0.2) is 60.1 Å². The number of nitrogens with zero attached hydrogens (tertiary/aromatic N) is 1. The summed E-state index contributed by atoms with van der Waals surface area (Å²) in [6, 6.07) is 12.7. The summed E-state index contributed by atoms with van der Waals surface area (Å²) in [6.45, 7) is 7.11. The molecule has 0 bridgehead atoms. The Morgan fingerprint density at radius 3 is 2.69 bits per heavy atom. The normalized spacial score (nSPS) is 20.8. The maximum Gasteiger partial charge on any atom is 0.410 e. The van der Waals surface area contributed by atoms with Crippen molar-refractivity contribution in [2.45, 2.75) is 45.1 Å². The number of nitrogens with one attached hydrogen (secondary N) is 2. The predicted octanol–water partition coefficient (Wildman–Crippen LogP) is 4.81. The van der Waals surface area contributed by atoms with Crippen LogP contribution in [0.2, 0.25) is 5.02 Å². The van der Waals surface area contributed by atoms with E-state index in [1.165, 1.54) is 0 Å². The van der Waals surface area contributed by atoms with Gasteiger partial charge in [0.1, 0.15) is 12.1 Å². The molecule has 5 rings (SSSR count). The highest BCUT2D eigenvalue weighted by Gasteiger charge is 2.36. The minimum absolute atomic E-state index is 0.183. The minimum Gasteiger partial charge on any atom is -0.450 e. The van der Waals surface area contributed by atoms with Crippen molar-refractivity contribution in [3.63, 3.8) is 0 Å². The summed E-state index contributed by atoms with van der Waals surface area (Å²) in [5, 5.41) is 4.64. The molecule has 2 amide bonds. The van der Waals surface area contributed by atoms with Crippen molar-refractivity contribution in [1.82, 2.24) is 15.2 Å². The lowest BCUT2D eigenvalue weighted by atomic mass is 9.92. The van der Waals surface area contributed by atoms with Gasteiger partial charge in [0, 0.05) is 40.3 Å². The predicted molar refractivity (Wildman–Crippen MR) is 136 cm³/mol. The molecule has 2 aliphatic heterocycles. The second kappa shape index (κ2) is 9.76. The molecule has 1 aromatic heterocycles. The number of ether oxygens (including phenoxy) is 3. The van der Waals surface area contributed by atoms with Crippen LogP contribution in [-0.2, 0) is 20.6 Å². The van der Waals surface area contributed by atoms with Crippen LogP contribution in [0.4, 0.5) is 4.79 Å². The molecule has 0 saturated carbocycles. The average Bonchev–Trinajstić information content (AvgIpc) is 3.40. The lowest BCUT2D eigenvalue weighted by molar-refractivity contribution is -0.137. The van der Waals surface area contributed by atoms with Crippen molar-refractivity contribution in [2.24, 2.45) is 0 Å². The Morgan fingerprint density at radius 2 is 2.00 bits per heavy atom. The molecule has 3 aromatic rings. The Kier molecular flexibility index (Phi) is 6.68. The number of aromatic nitrogens is 1. The number of H-pyrrole nitrogens is 1. The number of carbonyl (C=O) groups excluding carboxylic acids is 2. The standard InChI is InChI=1S/C27H30ClN3O5/c1-4-34-26(33)31-12-11-20-21-13-18(28)9-10-22(21)30-23(20)24(31)16-5-7-17(8-6-16)25(32)29-14-19-15-35-27(2,3)36-19/h5-10,13,19,24,30H,4,11-12,14-15H2,1-3H3,(H,29,32). The maximum atomic E-state index is 12.9. The fraction of sp³-hybridized carbons (Fsp3) is 0.407. The largest absolute Gasteiger partial charge is 0.450 e. The number of hydrogen-bond donors (Lipinski definition) is 2. The zero-order chi connectivity index (χ0) is 25.4. The molecule has 0 aliphatic carbocycles. The Hall–Kier alpha value is -3.07. The van der Waals surface area contributed by atoms with Crippen LogP contribution < -0.4 is 5.32 Å². The molecule has 0 spiro atoms. The highest BCUT2D eigenvalue weighted by molar-refractivity contribution is 6.31. The minimum atomic E-state index is -0.630. The molecule has 36 heavy (non-hydrogen) atoms. The van der Waals surface area contributed by atoms with Crippen molar-refractivity contribution in [2.75, 3.05) is 26.3 Å². The maximum absolute atomic E-state index is 12.9. The van der Waals surface area contributed by atoms with Gasteiger partial charge in [0.25, 0.3) is 5.91 Å². The molecule has 1 fully saturated rings. The Bertz CT molecular complexity index is 1290. The summed E-state index contributed by atoms with van der Waals surface area (Å²) in [4.78, 5) is 30.9. The summed E-state index contributed by atoms with van der Waals surface area (Å²) >= 11 is 6.27. The van der Waals surface area contributed by atoms with Gasteiger partial charge in [-0.3, -0.25) is 9.69 Å². The van der Waals surface area contributed by atoms with Gasteiger partial charge in [-0.2, -0.15) is 0 Å². The molecule has 2 aromatic carbocycles. The highest BCUT2D eigenvalue weighted by atomic mass is 35.5. The van der Waals surface area contributed by atoms with E-state index in [1.807, 2.05) is 44.2 Å². The highest BCUT2D eigenvalue weighted by Crippen LogP contribution is 2.39. The van der Waals surface area contributed by atoms with Crippen LogP contribution in [0.15, 0.2) is 42.5 Å². The van der Waals surface area contributed by atoms with E-state index >= 15 is 0 Å². The fourth-order valence-electron chi connectivity index (χ4n) is 5.00. The number of benzene rings is 2. The smallest absolute Gasteiger partial charge is 0.410 e. The first kappa shape index (κ1) is 24.6. The molecule has 2 unspecified atom stereocenters. The van der Waals surface area contributed by atoms with Gasteiger partial charge in [-0.15, -0.1) is 0 Å². The molecule has 2 atom stereocenters. The van der Waals surface area contributed by atoms with Gasteiger partial charge in [0.15, 0.2) is 5.79 Å². The Balaban J connectivity index is 1.40. The van der Waals surface area contributed by atoms with Crippen LogP contribution in [0.3, 0.4) is 0 Å². The van der Waals surface area contributed by atoms with Gasteiger partial charge >= 0.3 is 6.09 Å². The number of aromatic amines is 1. The van der Waals surface area contributed by atoms with Gasteiger partial charge in [0.2, 0.25) is 0 Å². The van der Waals surface area contributed by atoms with Crippen LogP contribution in [0.1, 0.15) is 54.0 Å². The molecule has 9 heteroatoms. The number of fused-ring (bicyclic) bond motifs is 3. The number of amides is 2. The molecular weight excluding hydrogens is 482 g/mol. The monoisotopic (exact) mass is 511 g/mol. The number of carbonyl (C=O) groups is 2. The van der Waals surface area contributed by atoms with Crippen LogP contribution in [0.5, 0.6) is 0 Å². The van der Waals surface area contributed by atoms with E-state index in [0.29, 0.717) is 43.3 Å². The van der Waals surface area contributed by atoms with Crippen LogP contribution in [0, 0.1) is 0 Å². The molecule has 3 heterocycles. The van der Waals surface area contributed by atoms with E-state index in [4.69, 9.17) is 25.8 Å². The van der Waals surface area contributed by atoms with E-state index in [1.54, 1.807) is 24.0 Å². The molecule has 8 nitrogen and oxygen atoms in total. The van der Waals surface area contributed by atoms with E-state index in [0.717, 1.165) is 27.7 Å². The van der Waals surface area contributed by atoms with E-state index in [2.05, 4.69) is 10.3 Å². The summed E-state index contributed by atoms with van der Waals surface area (Å²) in [5.74, 6) is -0.823. The average molecular weight is 512 g/mol. The van der Waals surface area contributed by atoms with Gasteiger partial charge < -0.3 is 24.5 Å². The third-order valence-electron chi connectivity index (χ3n) is 6.64. The summed E-state index contributed by atoms with van der Waals surface area (Å²) in [6.07, 6.45) is 0.140. The first-order valence-corrected chi connectivity index (χ1v) is 12.6. The SMILES string of the molecule is CCOC(=O)N1CCc2c([nH]c3ccc(Cl)cc23)C1c1ccc(C(=O)NCC2COC(C)(C)O2)cc1. The zero-order valence-electron chi connectivity index (χ0n) is 20.6. The van der Waals surface area contributed by atoms with E-state index in [-0.39, 0.29) is 24.1 Å². The van der Waals surface area contributed by atoms with Crippen molar-refractivity contribution >= 4 is 34.5 Å². The van der Waals surface area contributed by atoms with E-state index in [9.17, 15) is 9.59 Å². The van der Waals surface area contributed by atoms with Gasteiger partial charge in [-0.25, -0.2) is 4.79 Å². The van der Waals surface area contributed by atoms with Gasteiger partial charge in [0.05, 0.1) is 13.2 Å². The topological polar surface area (TPSA) is 92.9 Å². The molecule has 2 aliphatic rings. The van der Waals surface area contributed by atoms with Crippen LogP contribution in [0.25, 0.3) is 10.9 Å². The summed E-state index contributed by atoms with van der Waals surface area (Å²) < 4.78 is 16.7. The molecule has 1 saturated heterocycles. The van der Waals surface area contributed by atoms with E-state index < -0.39 is 5.79 Å². The first-order chi connectivity index (χ1) is 17.3. The zero-order valence-corrected chi connectivity index (χ0v) is 21.4. The third kappa shape index (κ3) is 4.81. The lowest BCUT2D eigenvalue weighted by Gasteiger charge is -2.35. The lowest BCUT2D eigenvalue weighted by Crippen LogP contribution is -2.41. The second-order valence-electron chi connectivity index (χ2n) is 9.53. The fourth-order valence-corrected chi connectivity index (χ4v) is 5.17. The molecule has 0 radical (unpaired) electrons. The quantitative estimate of drug-likeness (QED) is 0.513. The molecule has 2 N–H and O–H groups in total. The molecular formula is C27H30ClN3O5. The van der Waals surface area contributed by atoms with Crippen LogP contribution >= 0.6 is 11.6 Å². The Labute approximate surface area is 214 Å². The first-order valence-electron chi connectivity index (χ1n) is 12.2. The molecule has 190 valence electrons. The van der Waals surface area contributed by atoms with Gasteiger partial charge in [-0.1, -0.05) is 23.7 Å². The number of rotatable bonds is 5. The number of hydrogen-bond acceptors (Lipinski definition) is 5.